The number of pyridine rings is 1. The largest absolute Gasteiger partial charge is 0.477 e. The number of aromatic nitrogens is 1. The van der Waals surface area contributed by atoms with Gasteiger partial charge in [-0.25, -0.2) is 8.42 Å². The minimum Gasteiger partial charge on any atom is -0.477 e. The van der Waals surface area contributed by atoms with Crippen LogP contribution < -0.4 is 4.74 Å². The van der Waals surface area contributed by atoms with Gasteiger partial charge in [0, 0.05) is 24.8 Å². The zero-order chi connectivity index (χ0) is 13.8. The Hall–Kier alpha value is -2.14. The van der Waals surface area contributed by atoms with E-state index in [2.05, 4.69) is 10.9 Å². The number of rotatable bonds is 5. The first kappa shape index (κ1) is 13.9. The van der Waals surface area contributed by atoms with Crippen LogP contribution in [-0.4, -0.2) is 31.2 Å². The summed E-state index contributed by atoms with van der Waals surface area (Å²) in [5.41, 5.74) is -0.582. The lowest BCUT2D eigenvalue weighted by molar-refractivity contribution is -0.388. The van der Waals surface area contributed by atoms with E-state index in [1.54, 1.807) is 0 Å². The summed E-state index contributed by atoms with van der Waals surface area (Å²) in [5, 5.41) is 10.1. The lowest BCUT2D eigenvalue weighted by Crippen LogP contribution is -2.07. The minimum atomic E-state index is -3.80. The van der Waals surface area contributed by atoms with Crippen LogP contribution in [0.3, 0.4) is 0 Å². The average Bonchev–Trinajstić information content (AvgIpc) is 2.28. The van der Waals surface area contributed by atoms with Crippen molar-refractivity contribution in [2.75, 3.05) is 12.9 Å². The molecule has 0 amide bonds. The highest BCUT2D eigenvalue weighted by atomic mass is 32.2. The number of nitro groups is 1. The maximum absolute atomic E-state index is 11.4. The quantitative estimate of drug-likeness (QED) is 0.339. The topological polar surface area (TPSA) is 99.4 Å². The van der Waals surface area contributed by atoms with Crippen LogP contribution in [0, 0.1) is 22.5 Å². The first-order valence-electron chi connectivity index (χ1n) is 4.78. The molecule has 96 valence electrons. The Morgan fingerprint density at radius 3 is 2.72 bits per heavy atom. The van der Waals surface area contributed by atoms with Gasteiger partial charge in [0.05, 0.1) is 4.92 Å². The molecule has 0 saturated heterocycles. The van der Waals surface area contributed by atoms with Gasteiger partial charge in [0.15, 0.2) is 9.84 Å². The molecule has 0 spiro atoms. The highest BCUT2D eigenvalue weighted by molar-refractivity contribution is 7.90. The van der Waals surface area contributed by atoms with Crippen molar-refractivity contribution in [1.29, 1.82) is 0 Å². The summed E-state index contributed by atoms with van der Waals surface area (Å²) < 4.78 is 27.8. The summed E-state index contributed by atoms with van der Waals surface area (Å²) in [6.45, 7) is 0.157. The van der Waals surface area contributed by atoms with Crippen LogP contribution in [0.25, 0.3) is 0 Å². The smallest absolute Gasteiger partial charge is 0.306 e. The van der Waals surface area contributed by atoms with Gasteiger partial charge in [-0.1, -0.05) is 0 Å². The molecule has 0 atom stereocenters. The number of hydrogen-bond donors (Lipinski definition) is 0. The van der Waals surface area contributed by atoms with E-state index < -0.39 is 25.5 Å². The average molecular weight is 270 g/mol. The van der Waals surface area contributed by atoms with Gasteiger partial charge >= 0.3 is 5.69 Å². The number of terminal acetylenes is 1. The van der Waals surface area contributed by atoms with E-state index >= 15 is 0 Å². The molecule has 0 aliphatic heterocycles. The molecular formula is C10H10N2O5S. The van der Waals surface area contributed by atoms with E-state index in [-0.39, 0.29) is 12.5 Å². The molecule has 0 saturated carbocycles. The molecule has 0 bridgehead atoms. The number of sulfone groups is 1. The lowest BCUT2D eigenvalue weighted by atomic mass is 10.4. The van der Waals surface area contributed by atoms with Crippen molar-refractivity contribution >= 4 is 15.5 Å². The molecule has 0 aliphatic carbocycles. The van der Waals surface area contributed by atoms with Crippen LogP contribution in [0.4, 0.5) is 5.69 Å². The molecule has 0 unspecified atom stereocenters. The Labute approximate surface area is 104 Å². The van der Waals surface area contributed by atoms with Gasteiger partial charge in [0.25, 0.3) is 0 Å². The van der Waals surface area contributed by atoms with Gasteiger partial charge in [0.1, 0.15) is 6.61 Å². The van der Waals surface area contributed by atoms with Crippen LogP contribution in [0.2, 0.25) is 0 Å². The number of hydrogen-bond acceptors (Lipinski definition) is 6. The van der Waals surface area contributed by atoms with E-state index in [1.807, 2.05) is 0 Å². The van der Waals surface area contributed by atoms with Gasteiger partial charge in [-0.3, -0.25) is 10.1 Å². The molecule has 0 N–H and O–H groups in total. The van der Waals surface area contributed by atoms with Crippen molar-refractivity contribution in [3.05, 3.63) is 22.2 Å². The first-order valence-corrected chi connectivity index (χ1v) is 6.67. The Kier molecular flexibility index (Phi) is 4.23. The Bertz CT molecular complexity index is 603. The van der Waals surface area contributed by atoms with Crippen molar-refractivity contribution in [3.8, 4) is 18.2 Å². The van der Waals surface area contributed by atoms with E-state index in [4.69, 9.17) is 11.2 Å². The van der Waals surface area contributed by atoms with Crippen LogP contribution in [0.1, 0.15) is 6.42 Å². The second-order valence-electron chi connectivity index (χ2n) is 3.31. The van der Waals surface area contributed by atoms with Gasteiger partial charge in [0.2, 0.25) is 10.9 Å². The number of ether oxygens (including phenoxy) is 1. The summed E-state index contributed by atoms with van der Waals surface area (Å²) in [5.74, 6) is 2.32. The van der Waals surface area contributed by atoms with Crippen molar-refractivity contribution in [2.45, 2.75) is 11.4 Å². The molecule has 8 heteroatoms. The predicted octanol–water partition coefficient (Wildman–Crippen LogP) is 0.795. The summed E-state index contributed by atoms with van der Waals surface area (Å²) in [4.78, 5) is 13.5. The zero-order valence-electron chi connectivity index (χ0n) is 9.49. The highest BCUT2D eigenvalue weighted by Crippen LogP contribution is 2.24. The van der Waals surface area contributed by atoms with Gasteiger partial charge in [-0.05, 0) is 0 Å². The van der Waals surface area contributed by atoms with Crippen molar-refractivity contribution in [2.24, 2.45) is 0 Å². The van der Waals surface area contributed by atoms with Gasteiger partial charge < -0.3 is 4.74 Å². The first-order chi connectivity index (χ1) is 8.36. The summed E-state index contributed by atoms with van der Waals surface area (Å²) >= 11 is 0. The molecule has 0 aromatic carbocycles. The third kappa shape index (κ3) is 3.43. The standard InChI is InChI=1S/C10H10N2O5S/c1-3-4-7-17-9-6-5-8(12(13)14)10(11-9)18(2,15)16/h1,5-6H,4,7H2,2H3. The van der Waals surface area contributed by atoms with E-state index in [0.717, 1.165) is 12.3 Å². The van der Waals surface area contributed by atoms with Crippen LogP contribution in [0.5, 0.6) is 5.88 Å². The van der Waals surface area contributed by atoms with Gasteiger partial charge in [-0.2, -0.15) is 4.98 Å². The highest BCUT2D eigenvalue weighted by Gasteiger charge is 2.24. The molecule has 7 nitrogen and oxygen atoms in total. The third-order valence-electron chi connectivity index (χ3n) is 1.86. The Balaban J connectivity index is 3.15. The second kappa shape index (κ2) is 5.46. The SMILES string of the molecule is C#CCCOc1ccc([N+](=O)[O-])c(S(C)(=O)=O)n1. The monoisotopic (exact) mass is 270 g/mol. The molecule has 1 rings (SSSR count). The Morgan fingerprint density at radius 1 is 1.56 bits per heavy atom. The van der Waals surface area contributed by atoms with E-state index in [1.165, 1.54) is 6.07 Å². The normalized spacial score (nSPS) is 10.7. The fourth-order valence-electron chi connectivity index (χ4n) is 1.12. The van der Waals surface area contributed by atoms with Crippen LogP contribution in [-0.2, 0) is 9.84 Å². The molecule has 0 aliphatic rings. The molecule has 0 fully saturated rings. The fraction of sp³-hybridized carbons (Fsp3) is 0.300. The van der Waals surface area contributed by atoms with Crippen LogP contribution in [0.15, 0.2) is 17.2 Å². The summed E-state index contributed by atoms with van der Waals surface area (Å²) in [6, 6.07) is 2.26. The van der Waals surface area contributed by atoms with Crippen molar-refractivity contribution in [1.82, 2.24) is 4.98 Å². The fourth-order valence-corrected chi connectivity index (χ4v) is 1.90. The molecule has 1 aromatic rings. The zero-order valence-corrected chi connectivity index (χ0v) is 10.3. The molecule has 1 aromatic heterocycles. The molecule has 18 heavy (non-hydrogen) atoms. The number of nitrogens with zero attached hydrogens (tertiary/aromatic N) is 2. The lowest BCUT2D eigenvalue weighted by Gasteiger charge is -2.05. The third-order valence-corrected chi connectivity index (χ3v) is 2.86. The maximum atomic E-state index is 11.4. The Morgan fingerprint density at radius 2 is 2.22 bits per heavy atom. The molecular weight excluding hydrogens is 260 g/mol. The minimum absolute atomic E-state index is 0.0173. The van der Waals surface area contributed by atoms with E-state index in [0.29, 0.717) is 6.42 Å². The summed E-state index contributed by atoms with van der Waals surface area (Å²) in [7, 11) is -3.80. The summed E-state index contributed by atoms with van der Waals surface area (Å²) in [6.07, 6.45) is 6.19. The van der Waals surface area contributed by atoms with Crippen molar-refractivity contribution < 1.29 is 18.1 Å². The van der Waals surface area contributed by atoms with Crippen molar-refractivity contribution in [3.63, 3.8) is 0 Å². The molecule has 0 radical (unpaired) electrons. The van der Waals surface area contributed by atoms with Gasteiger partial charge in [-0.15, -0.1) is 12.3 Å². The van der Waals surface area contributed by atoms with Crippen LogP contribution >= 0.6 is 0 Å². The molecule has 1 heterocycles. The van der Waals surface area contributed by atoms with E-state index in [9.17, 15) is 18.5 Å². The second-order valence-corrected chi connectivity index (χ2v) is 5.24. The predicted molar refractivity (Wildman–Crippen MR) is 62.9 cm³/mol. The maximum Gasteiger partial charge on any atom is 0.306 e.